The van der Waals surface area contributed by atoms with Crippen LogP contribution in [-0.2, 0) is 4.74 Å². The zero-order valence-electron chi connectivity index (χ0n) is 15.8. The van der Waals surface area contributed by atoms with Crippen LogP contribution in [0.5, 0.6) is 0 Å². The fourth-order valence-corrected chi connectivity index (χ4v) is 4.11. The Hall–Kier alpha value is -2.96. The van der Waals surface area contributed by atoms with E-state index < -0.39 is 0 Å². The first-order valence-electron chi connectivity index (χ1n) is 9.19. The van der Waals surface area contributed by atoms with Gasteiger partial charge < -0.3 is 10.1 Å². The molecule has 3 aromatic carbocycles. The quantitative estimate of drug-likeness (QED) is 0.483. The molecule has 29 heavy (non-hydrogen) atoms. The third kappa shape index (κ3) is 4.09. The molecule has 146 valence electrons. The highest BCUT2D eigenvalue weighted by Crippen LogP contribution is 2.41. The molecule has 0 aliphatic carbocycles. The lowest BCUT2D eigenvalue weighted by Crippen LogP contribution is -2.26. The minimum absolute atomic E-state index is 0.195. The number of carbonyl (C=O) groups is 1. The van der Waals surface area contributed by atoms with Crippen LogP contribution in [0.1, 0.15) is 21.5 Å². The number of amides is 1. The Morgan fingerprint density at radius 1 is 1.03 bits per heavy atom. The van der Waals surface area contributed by atoms with Crippen molar-refractivity contribution in [3.05, 3.63) is 89.2 Å². The van der Waals surface area contributed by atoms with E-state index in [0.29, 0.717) is 35.7 Å². The molecule has 0 atom stereocenters. The third-order valence-corrected chi connectivity index (χ3v) is 5.68. The van der Waals surface area contributed by atoms with Crippen molar-refractivity contribution < 1.29 is 13.9 Å². The first-order chi connectivity index (χ1) is 14.2. The number of hydrogen-bond acceptors (Lipinski definition) is 4. The predicted octanol–water partition coefficient (Wildman–Crippen LogP) is 4.84. The van der Waals surface area contributed by atoms with Gasteiger partial charge in [0.25, 0.3) is 5.91 Å². The van der Waals surface area contributed by atoms with Gasteiger partial charge in [-0.2, -0.15) is 0 Å². The molecule has 0 bridgehead atoms. The molecule has 1 heterocycles. The summed E-state index contributed by atoms with van der Waals surface area (Å²) in [5, 5.41) is 2.81. The molecule has 0 fully saturated rings. The molecule has 4 rings (SSSR count). The summed E-state index contributed by atoms with van der Waals surface area (Å²) in [6.45, 7) is 0.869. The molecule has 0 aromatic heterocycles. The summed E-state index contributed by atoms with van der Waals surface area (Å²) >= 11 is 1.56. The van der Waals surface area contributed by atoms with E-state index in [2.05, 4.69) is 5.32 Å². The number of fused-ring (bicyclic) bond motifs is 2. The van der Waals surface area contributed by atoms with E-state index in [4.69, 9.17) is 9.73 Å². The van der Waals surface area contributed by atoms with Crippen molar-refractivity contribution in [2.24, 2.45) is 4.99 Å². The van der Waals surface area contributed by atoms with Crippen LogP contribution in [0.25, 0.3) is 0 Å². The summed E-state index contributed by atoms with van der Waals surface area (Å²) in [6.07, 6.45) is 0. The molecule has 0 saturated heterocycles. The van der Waals surface area contributed by atoms with Gasteiger partial charge in [0.2, 0.25) is 0 Å². The van der Waals surface area contributed by atoms with E-state index in [1.54, 1.807) is 49.2 Å². The van der Waals surface area contributed by atoms with E-state index in [9.17, 15) is 9.18 Å². The lowest BCUT2D eigenvalue weighted by molar-refractivity contribution is 0.0937. The van der Waals surface area contributed by atoms with Gasteiger partial charge in [0.05, 0.1) is 18.0 Å². The predicted molar refractivity (Wildman–Crippen MR) is 113 cm³/mol. The number of rotatable bonds is 5. The summed E-state index contributed by atoms with van der Waals surface area (Å²) in [5.41, 5.74) is 3.00. The molecular formula is C23H19FN2O2S. The van der Waals surface area contributed by atoms with Crippen LogP contribution in [0.4, 0.5) is 10.1 Å². The van der Waals surface area contributed by atoms with Gasteiger partial charge in [-0.05, 0) is 36.4 Å². The number of ether oxygens (including phenoxy) is 1. The minimum Gasteiger partial charge on any atom is -0.383 e. The fourth-order valence-electron chi connectivity index (χ4n) is 3.11. The van der Waals surface area contributed by atoms with Gasteiger partial charge in [-0.15, -0.1) is 0 Å². The summed E-state index contributed by atoms with van der Waals surface area (Å²) in [6, 6.07) is 19.8. The minimum atomic E-state index is -0.331. The molecule has 0 saturated carbocycles. The van der Waals surface area contributed by atoms with E-state index in [0.717, 1.165) is 15.4 Å². The van der Waals surface area contributed by atoms with Crippen molar-refractivity contribution in [3.63, 3.8) is 0 Å². The van der Waals surface area contributed by atoms with Gasteiger partial charge in [-0.25, -0.2) is 9.38 Å². The first kappa shape index (κ1) is 19.4. The van der Waals surface area contributed by atoms with Crippen molar-refractivity contribution in [3.8, 4) is 0 Å². The number of aliphatic imine (C=N–C) groups is 1. The molecular weight excluding hydrogens is 387 g/mol. The second kappa shape index (κ2) is 8.59. The average molecular weight is 406 g/mol. The number of benzene rings is 3. The number of methoxy groups -OCH3 is 1. The Kier molecular flexibility index (Phi) is 5.74. The largest absolute Gasteiger partial charge is 0.383 e. The van der Waals surface area contributed by atoms with Gasteiger partial charge >= 0.3 is 0 Å². The van der Waals surface area contributed by atoms with E-state index in [1.807, 2.05) is 30.3 Å². The van der Waals surface area contributed by atoms with Crippen molar-refractivity contribution in [1.29, 1.82) is 0 Å². The summed E-state index contributed by atoms with van der Waals surface area (Å²) in [5.74, 6) is -0.526. The molecule has 1 aliphatic heterocycles. The average Bonchev–Trinajstić information content (AvgIpc) is 2.90. The number of nitrogens with zero attached hydrogens (tertiary/aromatic N) is 1. The van der Waals surface area contributed by atoms with Gasteiger partial charge in [0.15, 0.2) is 0 Å². The molecule has 4 nitrogen and oxygen atoms in total. The van der Waals surface area contributed by atoms with Gasteiger partial charge in [-0.1, -0.05) is 42.1 Å². The van der Waals surface area contributed by atoms with Gasteiger partial charge in [-0.3, -0.25) is 4.79 Å². The Bertz CT molecular complexity index is 1100. The number of carbonyl (C=O) groups excluding carboxylic acids is 1. The normalized spacial score (nSPS) is 12.4. The van der Waals surface area contributed by atoms with Crippen LogP contribution in [0.3, 0.4) is 0 Å². The van der Waals surface area contributed by atoms with Crippen LogP contribution >= 0.6 is 11.8 Å². The summed E-state index contributed by atoms with van der Waals surface area (Å²) < 4.78 is 19.6. The highest BCUT2D eigenvalue weighted by molar-refractivity contribution is 7.99. The standard InChI is InChI=1S/C23H19FN2O2S/c1-28-13-12-25-23(27)15-10-11-21-19(14-15)26-22(16-6-2-4-8-18(16)24)17-7-3-5-9-20(17)29-21/h2-11,14H,12-13H2,1H3,(H,25,27). The van der Waals surface area contributed by atoms with E-state index in [-0.39, 0.29) is 11.7 Å². The topological polar surface area (TPSA) is 50.7 Å². The first-order valence-corrected chi connectivity index (χ1v) is 10.0. The van der Waals surface area contributed by atoms with E-state index >= 15 is 0 Å². The lowest BCUT2D eigenvalue weighted by atomic mass is 10.0. The van der Waals surface area contributed by atoms with Crippen molar-refractivity contribution in [2.45, 2.75) is 9.79 Å². The molecule has 0 spiro atoms. The highest BCUT2D eigenvalue weighted by atomic mass is 32.2. The zero-order valence-corrected chi connectivity index (χ0v) is 16.6. The second-order valence-corrected chi connectivity index (χ2v) is 7.55. The zero-order chi connectivity index (χ0) is 20.2. The van der Waals surface area contributed by atoms with Gasteiger partial charge in [0, 0.05) is 40.1 Å². The van der Waals surface area contributed by atoms with Crippen LogP contribution in [0.15, 0.2) is 81.5 Å². The van der Waals surface area contributed by atoms with Crippen molar-refractivity contribution >= 4 is 29.1 Å². The summed E-state index contributed by atoms with van der Waals surface area (Å²) in [4.78, 5) is 19.1. The molecule has 3 aromatic rings. The summed E-state index contributed by atoms with van der Waals surface area (Å²) in [7, 11) is 1.59. The lowest BCUT2D eigenvalue weighted by Gasteiger charge is -2.09. The molecule has 6 heteroatoms. The fraction of sp³-hybridized carbons (Fsp3) is 0.130. The Balaban J connectivity index is 1.81. The maximum Gasteiger partial charge on any atom is 0.251 e. The van der Waals surface area contributed by atoms with E-state index in [1.165, 1.54) is 6.07 Å². The molecule has 1 aliphatic rings. The van der Waals surface area contributed by atoms with Crippen LogP contribution < -0.4 is 5.32 Å². The Labute approximate surface area is 172 Å². The number of hydrogen-bond donors (Lipinski definition) is 1. The molecule has 1 amide bonds. The highest BCUT2D eigenvalue weighted by Gasteiger charge is 2.21. The maximum absolute atomic E-state index is 14.6. The molecule has 0 radical (unpaired) electrons. The van der Waals surface area contributed by atoms with Crippen molar-refractivity contribution in [1.82, 2.24) is 5.32 Å². The maximum atomic E-state index is 14.6. The third-order valence-electron chi connectivity index (χ3n) is 4.54. The SMILES string of the molecule is COCCNC(=O)c1ccc2c(c1)N=C(c1ccccc1F)c1ccccc1S2. The Morgan fingerprint density at radius 3 is 2.59 bits per heavy atom. The second-order valence-electron chi connectivity index (χ2n) is 6.47. The number of halogens is 1. The van der Waals surface area contributed by atoms with Crippen molar-refractivity contribution in [2.75, 3.05) is 20.3 Å². The van der Waals surface area contributed by atoms with Crippen LogP contribution in [-0.4, -0.2) is 31.9 Å². The van der Waals surface area contributed by atoms with Gasteiger partial charge in [0.1, 0.15) is 5.82 Å². The van der Waals surface area contributed by atoms with Crippen LogP contribution in [0, 0.1) is 5.82 Å². The molecule has 1 N–H and O–H groups in total. The monoisotopic (exact) mass is 406 g/mol. The molecule has 0 unspecified atom stereocenters. The van der Waals surface area contributed by atoms with Crippen LogP contribution in [0.2, 0.25) is 0 Å². The Morgan fingerprint density at radius 2 is 1.79 bits per heavy atom. The smallest absolute Gasteiger partial charge is 0.251 e. The number of nitrogens with one attached hydrogen (secondary N) is 1.